The molecule has 1 unspecified atom stereocenters. The topological polar surface area (TPSA) is 60.3 Å². The Hall–Kier alpha value is -3.69. The number of aromatic nitrogens is 1. The molecule has 0 aliphatic heterocycles. The molecule has 1 N–H and O–H groups in total. The highest BCUT2D eigenvalue weighted by Gasteiger charge is 2.33. The molecule has 31 heavy (non-hydrogen) atoms. The van der Waals surface area contributed by atoms with Crippen molar-refractivity contribution >= 4 is 5.91 Å². The summed E-state index contributed by atoms with van der Waals surface area (Å²) in [5, 5.41) is 2.52. The third-order valence-corrected chi connectivity index (χ3v) is 4.35. The second-order valence-electron chi connectivity index (χ2n) is 6.53. The van der Waals surface area contributed by atoms with Gasteiger partial charge in [-0.2, -0.15) is 0 Å². The minimum absolute atomic E-state index is 0.0182. The van der Waals surface area contributed by atoms with Gasteiger partial charge in [0, 0.05) is 24.9 Å². The van der Waals surface area contributed by atoms with Crippen LogP contribution < -0.4 is 15.6 Å². The van der Waals surface area contributed by atoms with E-state index in [1.54, 1.807) is 0 Å². The summed E-state index contributed by atoms with van der Waals surface area (Å²) >= 11 is 0. The Bertz CT molecular complexity index is 1170. The summed E-state index contributed by atoms with van der Waals surface area (Å²) in [6.45, 7) is 0. The van der Waals surface area contributed by atoms with E-state index in [1.807, 2.05) is 0 Å². The van der Waals surface area contributed by atoms with Crippen molar-refractivity contribution in [1.29, 1.82) is 0 Å². The first-order chi connectivity index (χ1) is 14.5. The smallest absolute Gasteiger partial charge is 0.403 e. The molecule has 0 spiro atoms. The Morgan fingerprint density at radius 2 is 1.74 bits per heavy atom. The van der Waals surface area contributed by atoms with Gasteiger partial charge in [0.15, 0.2) is 11.6 Å². The van der Waals surface area contributed by atoms with Crippen LogP contribution in [-0.2, 0) is 7.05 Å². The van der Waals surface area contributed by atoms with Gasteiger partial charge >= 0.3 is 6.36 Å². The highest BCUT2D eigenvalue weighted by Crippen LogP contribution is 2.31. The number of carbonyl (C=O) groups is 1. The van der Waals surface area contributed by atoms with Crippen LogP contribution in [0.1, 0.15) is 27.5 Å². The number of alkyl halides is 3. The first-order valence-electron chi connectivity index (χ1n) is 8.82. The van der Waals surface area contributed by atoms with Crippen LogP contribution in [0.5, 0.6) is 5.75 Å². The lowest BCUT2D eigenvalue weighted by molar-refractivity contribution is -0.275. The van der Waals surface area contributed by atoms with Crippen LogP contribution >= 0.6 is 0 Å². The molecule has 1 aromatic heterocycles. The quantitative estimate of drug-likeness (QED) is 0.611. The van der Waals surface area contributed by atoms with Crippen LogP contribution in [0.2, 0.25) is 0 Å². The van der Waals surface area contributed by atoms with Crippen molar-refractivity contribution in [3.8, 4) is 5.75 Å². The van der Waals surface area contributed by atoms with E-state index in [2.05, 4.69) is 10.1 Å². The number of carbonyl (C=O) groups excluding carboxylic acids is 1. The molecule has 0 fully saturated rings. The van der Waals surface area contributed by atoms with E-state index in [0.717, 1.165) is 34.9 Å². The Labute approximate surface area is 172 Å². The number of aryl methyl sites for hydroxylation is 1. The normalized spacial score (nSPS) is 12.3. The molecule has 5 nitrogen and oxygen atoms in total. The molecule has 3 rings (SSSR count). The summed E-state index contributed by atoms with van der Waals surface area (Å²) in [7, 11) is 1.43. The van der Waals surface area contributed by atoms with Gasteiger partial charge in [-0.15, -0.1) is 13.2 Å². The summed E-state index contributed by atoms with van der Waals surface area (Å²) in [6, 6.07) is 9.10. The number of benzene rings is 2. The molecule has 10 heteroatoms. The maximum atomic E-state index is 14.4. The van der Waals surface area contributed by atoms with E-state index in [4.69, 9.17) is 0 Å². The zero-order valence-electron chi connectivity index (χ0n) is 15.9. The average Bonchev–Trinajstić information content (AvgIpc) is 2.69. The second kappa shape index (κ2) is 8.58. The fourth-order valence-electron chi connectivity index (χ4n) is 2.90. The van der Waals surface area contributed by atoms with Crippen LogP contribution in [0.3, 0.4) is 0 Å². The lowest BCUT2D eigenvalue weighted by atomic mass is 9.97. The number of ether oxygens (including phenoxy) is 1. The molecule has 0 aliphatic rings. The number of pyridine rings is 1. The average molecular weight is 438 g/mol. The molecule has 0 saturated carbocycles. The van der Waals surface area contributed by atoms with Crippen molar-refractivity contribution in [3.05, 3.63) is 99.5 Å². The van der Waals surface area contributed by atoms with Gasteiger partial charge in [-0.1, -0.05) is 24.3 Å². The molecule has 3 aromatic rings. The molecular weight excluding hydrogens is 423 g/mol. The van der Waals surface area contributed by atoms with E-state index in [9.17, 15) is 31.5 Å². The molecule has 1 heterocycles. The number of rotatable bonds is 5. The Morgan fingerprint density at radius 3 is 2.35 bits per heavy atom. The van der Waals surface area contributed by atoms with E-state index in [1.165, 1.54) is 37.5 Å². The molecule has 1 amide bonds. The van der Waals surface area contributed by atoms with Gasteiger partial charge in [-0.05, 0) is 29.8 Å². The van der Waals surface area contributed by atoms with Gasteiger partial charge in [-0.3, -0.25) is 9.59 Å². The highest BCUT2D eigenvalue weighted by molar-refractivity contribution is 5.94. The van der Waals surface area contributed by atoms with Gasteiger partial charge < -0.3 is 14.6 Å². The van der Waals surface area contributed by atoms with Crippen molar-refractivity contribution in [2.75, 3.05) is 0 Å². The van der Waals surface area contributed by atoms with E-state index >= 15 is 0 Å². The number of halogens is 5. The summed E-state index contributed by atoms with van der Waals surface area (Å²) in [5.74, 6) is -3.83. The van der Waals surface area contributed by atoms with Gasteiger partial charge in [-0.25, -0.2) is 8.78 Å². The summed E-state index contributed by atoms with van der Waals surface area (Å²) in [6.07, 6.45) is -3.83. The third kappa shape index (κ3) is 5.27. The maximum absolute atomic E-state index is 14.4. The van der Waals surface area contributed by atoms with Crippen molar-refractivity contribution in [2.24, 2.45) is 7.05 Å². The standard InChI is InChI=1S/C21H15F5N2O3/c1-28-11-13(7-9-18(28)29)20(30)27-19(14-4-2-3-5-15(14)22)12-6-8-17(16(23)10-12)31-21(24,25)26/h2-11,19H,1H3,(H,27,30). The summed E-state index contributed by atoms with van der Waals surface area (Å²) in [4.78, 5) is 24.2. The Morgan fingerprint density at radius 1 is 1.03 bits per heavy atom. The summed E-state index contributed by atoms with van der Waals surface area (Å²) < 4.78 is 70.6. The lowest BCUT2D eigenvalue weighted by Gasteiger charge is -2.21. The predicted octanol–water partition coefficient (Wildman–Crippen LogP) is 4.08. The lowest BCUT2D eigenvalue weighted by Crippen LogP contribution is -2.31. The largest absolute Gasteiger partial charge is 0.573 e. The van der Waals surface area contributed by atoms with Crippen LogP contribution in [0.4, 0.5) is 22.0 Å². The van der Waals surface area contributed by atoms with Crippen molar-refractivity contribution < 1.29 is 31.5 Å². The van der Waals surface area contributed by atoms with E-state index in [-0.39, 0.29) is 22.2 Å². The number of hydrogen-bond donors (Lipinski definition) is 1. The molecule has 0 radical (unpaired) electrons. The number of amides is 1. The van der Waals surface area contributed by atoms with Gasteiger partial charge in [0.05, 0.1) is 11.6 Å². The molecule has 0 saturated heterocycles. The zero-order chi connectivity index (χ0) is 22.8. The SMILES string of the molecule is Cn1cc(C(=O)NC(c2ccc(OC(F)(F)F)c(F)c2)c2ccccc2F)ccc1=O. The van der Waals surface area contributed by atoms with Crippen molar-refractivity contribution in [3.63, 3.8) is 0 Å². The summed E-state index contributed by atoms with van der Waals surface area (Å²) in [5.41, 5.74) is -0.342. The van der Waals surface area contributed by atoms with Gasteiger partial charge in [0.1, 0.15) is 5.82 Å². The molecule has 2 aromatic carbocycles. The third-order valence-electron chi connectivity index (χ3n) is 4.35. The van der Waals surface area contributed by atoms with Crippen LogP contribution in [-0.4, -0.2) is 16.8 Å². The first-order valence-corrected chi connectivity index (χ1v) is 8.82. The predicted molar refractivity (Wildman–Crippen MR) is 100 cm³/mol. The first kappa shape index (κ1) is 22.0. The maximum Gasteiger partial charge on any atom is 0.573 e. The molecular formula is C21H15F5N2O3. The monoisotopic (exact) mass is 438 g/mol. The second-order valence-corrected chi connectivity index (χ2v) is 6.53. The molecule has 162 valence electrons. The van der Waals surface area contributed by atoms with Crippen molar-refractivity contribution in [2.45, 2.75) is 12.4 Å². The zero-order valence-corrected chi connectivity index (χ0v) is 15.9. The van der Waals surface area contributed by atoms with Gasteiger partial charge in [0.2, 0.25) is 5.56 Å². The fraction of sp³-hybridized carbons (Fsp3) is 0.143. The number of hydrogen-bond acceptors (Lipinski definition) is 3. The van der Waals surface area contributed by atoms with Gasteiger partial charge in [0.25, 0.3) is 5.91 Å². The van der Waals surface area contributed by atoms with Crippen LogP contribution in [0, 0.1) is 11.6 Å². The van der Waals surface area contributed by atoms with E-state index in [0.29, 0.717) is 0 Å². The van der Waals surface area contributed by atoms with Crippen LogP contribution in [0.15, 0.2) is 65.6 Å². The Kier molecular flexibility index (Phi) is 6.09. The highest BCUT2D eigenvalue weighted by atomic mass is 19.4. The van der Waals surface area contributed by atoms with E-state index < -0.39 is 35.7 Å². The minimum atomic E-state index is -5.09. The van der Waals surface area contributed by atoms with Crippen LogP contribution in [0.25, 0.3) is 0 Å². The minimum Gasteiger partial charge on any atom is -0.403 e. The van der Waals surface area contributed by atoms with Crippen molar-refractivity contribution in [1.82, 2.24) is 9.88 Å². The number of nitrogens with zero attached hydrogens (tertiary/aromatic N) is 1. The molecule has 1 atom stereocenters. The number of nitrogens with one attached hydrogen (secondary N) is 1. The molecule has 0 bridgehead atoms. The Balaban J connectivity index is 2.00. The fourth-order valence-corrected chi connectivity index (χ4v) is 2.90. The molecule has 0 aliphatic carbocycles.